The van der Waals surface area contributed by atoms with Crippen molar-refractivity contribution in [1.29, 1.82) is 0 Å². The van der Waals surface area contributed by atoms with Crippen molar-refractivity contribution in [2.24, 2.45) is 5.92 Å². The summed E-state index contributed by atoms with van der Waals surface area (Å²) in [5.41, 5.74) is 1.86. The molecule has 0 saturated carbocycles. The maximum absolute atomic E-state index is 12.1. The second-order valence-corrected chi connectivity index (χ2v) is 5.41. The Morgan fingerprint density at radius 3 is 2.85 bits per heavy atom. The van der Waals surface area contributed by atoms with Gasteiger partial charge in [-0.1, -0.05) is 32.0 Å². The molecule has 20 heavy (non-hydrogen) atoms. The van der Waals surface area contributed by atoms with Gasteiger partial charge < -0.3 is 15.5 Å². The first-order valence-electron chi connectivity index (χ1n) is 6.93. The van der Waals surface area contributed by atoms with E-state index in [1.165, 1.54) is 0 Å². The van der Waals surface area contributed by atoms with Crippen LogP contribution in [0.4, 0.5) is 5.69 Å². The number of nitrogens with one attached hydrogen (secondary N) is 2. The Morgan fingerprint density at radius 1 is 1.35 bits per heavy atom. The highest BCUT2D eigenvalue weighted by Gasteiger charge is 2.23. The van der Waals surface area contributed by atoms with E-state index in [1.54, 1.807) is 4.90 Å². The van der Waals surface area contributed by atoms with Crippen LogP contribution in [0.5, 0.6) is 0 Å². The van der Waals surface area contributed by atoms with Crippen molar-refractivity contribution in [1.82, 2.24) is 10.6 Å². The molecule has 0 aromatic heterocycles. The molecule has 2 rings (SSSR count). The number of fused-ring (bicyclic) bond motifs is 1. The first-order chi connectivity index (χ1) is 9.58. The minimum Gasteiger partial charge on any atom is -0.354 e. The van der Waals surface area contributed by atoms with Gasteiger partial charge in [0.2, 0.25) is 11.8 Å². The molecule has 0 bridgehead atoms. The van der Waals surface area contributed by atoms with Gasteiger partial charge in [-0.2, -0.15) is 0 Å². The Labute approximate surface area is 119 Å². The number of amides is 2. The highest BCUT2D eigenvalue weighted by molar-refractivity contribution is 6.00. The lowest BCUT2D eigenvalue weighted by atomic mass is 10.1. The van der Waals surface area contributed by atoms with Gasteiger partial charge in [0.1, 0.15) is 6.54 Å². The van der Waals surface area contributed by atoms with E-state index in [0.29, 0.717) is 19.0 Å². The molecule has 0 aliphatic carbocycles. The smallest absolute Gasteiger partial charge is 0.241 e. The Hall–Kier alpha value is -1.88. The molecule has 0 unspecified atom stereocenters. The summed E-state index contributed by atoms with van der Waals surface area (Å²) in [5.74, 6) is 0.200. The van der Waals surface area contributed by atoms with Gasteiger partial charge in [-0.05, 0) is 17.5 Å². The maximum Gasteiger partial charge on any atom is 0.241 e. The molecule has 108 valence electrons. The third kappa shape index (κ3) is 3.57. The van der Waals surface area contributed by atoms with Crippen molar-refractivity contribution in [3.05, 3.63) is 29.8 Å². The normalized spacial score (nSPS) is 14.9. The number of nitrogens with zero attached hydrogens (tertiary/aromatic N) is 1. The summed E-state index contributed by atoms with van der Waals surface area (Å²) < 4.78 is 0. The average Bonchev–Trinajstić information content (AvgIpc) is 2.57. The average molecular weight is 275 g/mol. The first kappa shape index (κ1) is 14.5. The first-order valence-corrected chi connectivity index (χ1v) is 6.93. The molecule has 1 heterocycles. The lowest BCUT2D eigenvalue weighted by Crippen LogP contribution is -2.43. The molecular weight excluding hydrogens is 254 g/mol. The summed E-state index contributed by atoms with van der Waals surface area (Å²) in [7, 11) is 0. The van der Waals surface area contributed by atoms with Gasteiger partial charge in [0.15, 0.2) is 0 Å². The Kier molecular flexibility index (Phi) is 4.74. The minimum atomic E-state index is -0.122. The van der Waals surface area contributed by atoms with E-state index in [-0.39, 0.29) is 24.9 Å². The maximum atomic E-state index is 12.1. The molecule has 5 heteroatoms. The highest BCUT2D eigenvalue weighted by atomic mass is 16.2. The SMILES string of the molecule is CC(C)CNC(=O)CN1C(=O)CNCc2ccccc21. The zero-order valence-corrected chi connectivity index (χ0v) is 12.0. The fourth-order valence-electron chi connectivity index (χ4n) is 2.15. The van der Waals surface area contributed by atoms with E-state index in [9.17, 15) is 9.59 Å². The summed E-state index contributed by atoms with van der Waals surface area (Å²) in [6.45, 7) is 5.68. The van der Waals surface area contributed by atoms with Crippen molar-refractivity contribution in [3.63, 3.8) is 0 Å². The van der Waals surface area contributed by atoms with Gasteiger partial charge in [0, 0.05) is 18.8 Å². The standard InChI is InChI=1S/C15H21N3O2/c1-11(2)7-17-14(19)10-18-13-6-4-3-5-12(13)8-16-9-15(18)20/h3-6,11,16H,7-10H2,1-2H3,(H,17,19). The topological polar surface area (TPSA) is 61.4 Å². The zero-order valence-electron chi connectivity index (χ0n) is 12.0. The van der Waals surface area contributed by atoms with E-state index in [2.05, 4.69) is 10.6 Å². The molecule has 0 radical (unpaired) electrons. The van der Waals surface area contributed by atoms with Gasteiger partial charge >= 0.3 is 0 Å². The molecular formula is C15H21N3O2. The Bertz CT molecular complexity index is 500. The zero-order chi connectivity index (χ0) is 14.5. The van der Waals surface area contributed by atoms with Gasteiger partial charge in [-0.3, -0.25) is 9.59 Å². The van der Waals surface area contributed by atoms with Crippen LogP contribution in [0.3, 0.4) is 0 Å². The number of para-hydroxylation sites is 1. The fourth-order valence-corrected chi connectivity index (χ4v) is 2.15. The Morgan fingerprint density at radius 2 is 2.10 bits per heavy atom. The van der Waals surface area contributed by atoms with Gasteiger partial charge in [0.05, 0.1) is 6.54 Å². The van der Waals surface area contributed by atoms with E-state index in [4.69, 9.17) is 0 Å². The van der Waals surface area contributed by atoms with Crippen molar-refractivity contribution in [2.75, 3.05) is 24.5 Å². The number of hydrogen-bond donors (Lipinski definition) is 2. The van der Waals surface area contributed by atoms with E-state index < -0.39 is 0 Å². The number of anilines is 1. The van der Waals surface area contributed by atoms with Crippen molar-refractivity contribution in [2.45, 2.75) is 20.4 Å². The van der Waals surface area contributed by atoms with Crippen LogP contribution in [0.15, 0.2) is 24.3 Å². The summed E-state index contributed by atoms with van der Waals surface area (Å²) in [5, 5.41) is 5.93. The lowest BCUT2D eigenvalue weighted by Gasteiger charge is -2.22. The van der Waals surface area contributed by atoms with Crippen LogP contribution in [0.25, 0.3) is 0 Å². The number of hydrogen-bond acceptors (Lipinski definition) is 3. The molecule has 0 saturated heterocycles. The second kappa shape index (κ2) is 6.52. The minimum absolute atomic E-state index is 0.0737. The monoisotopic (exact) mass is 275 g/mol. The third-order valence-electron chi connectivity index (χ3n) is 3.18. The van der Waals surface area contributed by atoms with Gasteiger partial charge in [-0.25, -0.2) is 0 Å². The summed E-state index contributed by atoms with van der Waals surface area (Å²) in [4.78, 5) is 25.7. The van der Waals surface area contributed by atoms with Crippen LogP contribution in [0.1, 0.15) is 19.4 Å². The van der Waals surface area contributed by atoms with Crippen LogP contribution in [-0.4, -0.2) is 31.4 Å². The van der Waals surface area contributed by atoms with Crippen LogP contribution in [0.2, 0.25) is 0 Å². The Balaban J connectivity index is 2.12. The number of benzene rings is 1. The molecule has 0 spiro atoms. The van der Waals surface area contributed by atoms with Gasteiger partial charge in [0.25, 0.3) is 0 Å². The number of carbonyl (C=O) groups excluding carboxylic acids is 2. The van der Waals surface area contributed by atoms with Crippen LogP contribution >= 0.6 is 0 Å². The molecule has 1 aromatic rings. The summed E-state index contributed by atoms with van der Waals surface area (Å²) >= 11 is 0. The summed E-state index contributed by atoms with van der Waals surface area (Å²) in [6.07, 6.45) is 0. The molecule has 5 nitrogen and oxygen atoms in total. The highest BCUT2D eigenvalue weighted by Crippen LogP contribution is 2.22. The number of carbonyl (C=O) groups is 2. The lowest BCUT2D eigenvalue weighted by molar-refractivity contribution is -0.123. The fraction of sp³-hybridized carbons (Fsp3) is 0.467. The predicted molar refractivity (Wildman–Crippen MR) is 78.3 cm³/mol. The molecule has 1 aliphatic heterocycles. The van der Waals surface area contributed by atoms with Crippen LogP contribution in [0, 0.1) is 5.92 Å². The van der Waals surface area contributed by atoms with Crippen molar-refractivity contribution < 1.29 is 9.59 Å². The van der Waals surface area contributed by atoms with Gasteiger partial charge in [-0.15, -0.1) is 0 Å². The van der Waals surface area contributed by atoms with E-state index in [1.807, 2.05) is 38.1 Å². The predicted octanol–water partition coefficient (Wildman–Crippen LogP) is 0.895. The second-order valence-electron chi connectivity index (χ2n) is 5.41. The molecule has 0 atom stereocenters. The molecule has 1 aromatic carbocycles. The van der Waals surface area contributed by atoms with Crippen LogP contribution in [-0.2, 0) is 16.1 Å². The summed E-state index contributed by atoms with van der Waals surface area (Å²) in [6, 6.07) is 7.68. The largest absolute Gasteiger partial charge is 0.354 e. The van der Waals surface area contributed by atoms with Crippen molar-refractivity contribution in [3.8, 4) is 0 Å². The molecule has 2 N–H and O–H groups in total. The van der Waals surface area contributed by atoms with E-state index in [0.717, 1.165) is 11.3 Å². The number of rotatable bonds is 4. The van der Waals surface area contributed by atoms with Crippen LogP contribution < -0.4 is 15.5 Å². The third-order valence-corrected chi connectivity index (χ3v) is 3.18. The van der Waals surface area contributed by atoms with E-state index >= 15 is 0 Å². The molecule has 1 aliphatic rings. The quantitative estimate of drug-likeness (QED) is 0.858. The molecule has 2 amide bonds. The molecule has 0 fully saturated rings. The van der Waals surface area contributed by atoms with Crippen molar-refractivity contribution >= 4 is 17.5 Å².